The molecule has 2 amide bonds. The van der Waals surface area contributed by atoms with Crippen molar-refractivity contribution in [3.63, 3.8) is 0 Å². The fraction of sp³-hybridized carbons (Fsp3) is 0.294. The molecule has 3 aromatic rings. The average Bonchev–Trinajstić information content (AvgIpc) is 3.36. The number of likely N-dealkylation sites (tertiary alicyclic amines) is 1. The minimum atomic E-state index is -0.182. The molecule has 4 rings (SSSR count). The molecule has 8 nitrogen and oxygen atoms in total. The zero-order valence-corrected chi connectivity index (χ0v) is 13.8. The molecular formula is C17H18N6O2. The Morgan fingerprint density at radius 3 is 3.04 bits per heavy atom. The molecule has 8 heteroatoms. The van der Waals surface area contributed by atoms with Crippen molar-refractivity contribution >= 4 is 11.7 Å². The number of urea groups is 1. The van der Waals surface area contributed by atoms with E-state index in [-0.39, 0.29) is 12.1 Å². The number of carbonyl (C=O) groups is 1. The van der Waals surface area contributed by atoms with Gasteiger partial charge in [-0.1, -0.05) is 5.16 Å². The summed E-state index contributed by atoms with van der Waals surface area (Å²) >= 11 is 0. The van der Waals surface area contributed by atoms with Crippen molar-refractivity contribution in [3.8, 4) is 5.82 Å². The van der Waals surface area contributed by atoms with Crippen LogP contribution in [0.5, 0.6) is 0 Å². The van der Waals surface area contributed by atoms with Gasteiger partial charge < -0.3 is 14.7 Å². The van der Waals surface area contributed by atoms with Crippen LogP contribution in [0.15, 0.2) is 47.4 Å². The average molecular weight is 338 g/mol. The normalized spacial score (nSPS) is 17.0. The van der Waals surface area contributed by atoms with Gasteiger partial charge in [0.15, 0.2) is 11.6 Å². The number of aromatic nitrogens is 4. The highest BCUT2D eigenvalue weighted by Gasteiger charge is 2.33. The Bertz CT molecular complexity index is 873. The van der Waals surface area contributed by atoms with Crippen molar-refractivity contribution in [2.75, 3.05) is 11.9 Å². The highest BCUT2D eigenvalue weighted by Crippen LogP contribution is 2.33. The van der Waals surface area contributed by atoms with Crippen LogP contribution in [-0.4, -0.2) is 37.4 Å². The van der Waals surface area contributed by atoms with Crippen LogP contribution in [0.4, 0.5) is 10.5 Å². The smallest absolute Gasteiger partial charge is 0.322 e. The van der Waals surface area contributed by atoms with Gasteiger partial charge in [0.2, 0.25) is 0 Å². The molecule has 0 aromatic carbocycles. The third kappa shape index (κ3) is 2.98. The molecule has 128 valence electrons. The van der Waals surface area contributed by atoms with Crippen LogP contribution in [0.1, 0.15) is 30.3 Å². The number of nitrogens with one attached hydrogen (secondary N) is 1. The molecular weight excluding hydrogens is 320 g/mol. The summed E-state index contributed by atoms with van der Waals surface area (Å²) in [4.78, 5) is 18.9. The van der Waals surface area contributed by atoms with Crippen molar-refractivity contribution in [2.24, 2.45) is 0 Å². The van der Waals surface area contributed by atoms with E-state index in [9.17, 15) is 4.79 Å². The van der Waals surface area contributed by atoms with Crippen LogP contribution >= 0.6 is 0 Å². The van der Waals surface area contributed by atoms with Crippen LogP contribution in [0, 0.1) is 6.92 Å². The maximum absolute atomic E-state index is 12.8. The minimum absolute atomic E-state index is 0.0916. The van der Waals surface area contributed by atoms with E-state index in [1.54, 1.807) is 34.2 Å². The van der Waals surface area contributed by atoms with Crippen LogP contribution in [-0.2, 0) is 0 Å². The number of rotatable bonds is 3. The summed E-state index contributed by atoms with van der Waals surface area (Å²) in [6.07, 6.45) is 6.91. The highest BCUT2D eigenvalue weighted by atomic mass is 16.5. The molecule has 0 spiro atoms. The molecule has 1 fully saturated rings. The Morgan fingerprint density at radius 1 is 1.36 bits per heavy atom. The first kappa shape index (κ1) is 15.4. The number of pyridine rings is 1. The van der Waals surface area contributed by atoms with E-state index in [0.717, 1.165) is 24.3 Å². The predicted octanol–water partition coefficient (Wildman–Crippen LogP) is 2.93. The number of hydrogen-bond acceptors (Lipinski definition) is 5. The first-order valence-corrected chi connectivity index (χ1v) is 8.18. The number of carbonyl (C=O) groups excluding carboxylic acids is 1. The van der Waals surface area contributed by atoms with E-state index >= 15 is 0 Å². The first-order valence-electron chi connectivity index (χ1n) is 8.18. The minimum Gasteiger partial charge on any atom is -0.359 e. The van der Waals surface area contributed by atoms with E-state index in [2.05, 4.69) is 20.6 Å². The molecule has 0 bridgehead atoms. The van der Waals surface area contributed by atoms with Gasteiger partial charge in [-0.05, 0) is 38.0 Å². The largest absolute Gasteiger partial charge is 0.359 e. The Labute approximate surface area is 144 Å². The molecule has 1 N–H and O–H groups in total. The predicted molar refractivity (Wildman–Crippen MR) is 90.3 cm³/mol. The molecule has 1 aliphatic heterocycles. The quantitative estimate of drug-likeness (QED) is 0.793. The SMILES string of the molecule is Cc1cc(C2CCCN2C(=O)Nc2cccnc2-n2cccn2)on1. The van der Waals surface area contributed by atoms with Gasteiger partial charge in [0.25, 0.3) is 0 Å². The second-order valence-corrected chi connectivity index (χ2v) is 5.98. The summed E-state index contributed by atoms with van der Waals surface area (Å²) in [6, 6.07) is 7.01. The van der Waals surface area contributed by atoms with E-state index < -0.39 is 0 Å². The Hall–Kier alpha value is -3.16. The van der Waals surface area contributed by atoms with Crippen LogP contribution in [0.25, 0.3) is 5.82 Å². The fourth-order valence-corrected chi connectivity index (χ4v) is 3.10. The zero-order chi connectivity index (χ0) is 17.2. The maximum atomic E-state index is 12.8. The summed E-state index contributed by atoms with van der Waals surface area (Å²) in [5, 5.41) is 11.1. The summed E-state index contributed by atoms with van der Waals surface area (Å²) in [5.74, 6) is 1.30. The van der Waals surface area contributed by atoms with Gasteiger partial charge in [-0.15, -0.1) is 0 Å². The standard InChI is InChI=1S/C17H18N6O2/c1-12-11-15(25-21-12)14-6-3-9-22(14)17(24)20-13-5-2-7-18-16(13)23-10-4-8-19-23/h2,4-5,7-8,10-11,14H,3,6,9H2,1H3,(H,20,24). The van der Waals surface area contributed by atoms with Crippen LogP contribution < -0.4 is 5.32 Å². The lowest BCUT2D eigenvalue weighted by Crippen LogP contribution is -2.34. The summed E-state index contributed by atoms with van der Waals surface area (Å²) in [6.45, 7) is 2.55. The molecule has 3 aromatic heterocycles. The van der Waals surface area contributed by atoms with E-state index in [1.165, 1.54) is 0 Å². The monoisotopic (exact) mass is 338 g/mol. The lowest BCUT2D eigenvalue weighted by atomic mass is 10.1. The lowest BCUT2D eigenvalue weighted by Gasteiger charge is -2.23. The highest BCUT2D eigenvalue weighted by molar-refractivity contribution is 5.91. The second kappa shape index (κ2) is 6.39. The van der Waals surface area contributed by atoms with E-state index in [1.807, 2.05) is 25.1 Å². The molecule has 0 saturated carbocycles. The van der Waals surface area contributed by atoms with E-state index in [4.69, 9.17) is 4.52 Å². The molecule has 0 aliphatic carbocycles. The number of anilines is 1. The lowest BCUT2D eigenvalue weighted by molar-refractivity contribution is 0.195. The Kier molecular flexibility index (Phi) is 3.93. The Balaban J connectivity index is 1.56. The first-order chi connectivity index (χ1) is 12.2. The van der Waals surface area contributed by atoms with Gasteiger partial charge in [-0.3, -0.25) is 0 Å². The van der Waals surface area contributed by atoms with Gasteiger partial charge >= 0.3 is 6.03 Å². The molecule has 1 unspecified atom stereocenters. The number of nitrogens with zero attached hydrogens (tertiary/aromatic N) is 5. The molecule has 1 aliphatic rings. The van der Waals surface area contributed by atoms with Crippen LogP contribution in [0.3, 0.4) is 0 Å². The summed E-state index contributed by atoms with van der Waals surface area (Å²) in [5.41, 5.74) is 1.42. The fourth-order valence-electron chi connectivity index (χ4n) is 3.10. The van der Waals surface area contributed by atoms with Crippen molar-refractivity contribution in [1.29, 1.82) is 0 Å². The third-order valence-corrected chi connectivity index (χ3v) is 4.24. The molecule has 1 saturated heterocycles. The number of amides is 2. The van der Waals surface area contributed by atoms with Crippen molar-refractivity contribution in [3.05, 3.63) is 54.3 Å². The summed E-state index contributed by atoms with van der Waals surface area (Å²) in [7, 11) is 0. The van der Waals surface area contributed by atoms with Gasteiger partial charge in [0, 0.05) is 31.2 Å². The van der Waals surface area contributed by atoms with Crippen molar-refractivity contribution < 1.29 is 9.32 Å². The van der Waals surface area contributed by atoms with Crippen molar-refractivity contribution in [1.82, 2.24) is 24.8 Å². The van der Waals surface area contributed by atoms with Gasteiger partial charge in [-0.25, -0.2) is 14.5 Å². The number of hydrogen-bond donors (Lipinski definition) is 1. The van der Waals surface area contributed by atoms with Crippen LogP contribution in [0.2, 0.25) is 0 Å². The van der Waals surface area contributed by atoms with Gasteiger partial charge in [-0.2, -0.15) is 5.10 Å². The second-order valence-electron chi connectivity index (χ2n) is 5.98. The molecule has 1 atom stereocenters. The molecule has 25 heavy (non-hydrogen) atoms. The zero-order valence-electron chi connectivity index (χ0n) is 13.8. The summed E-state index contributed by atoms with van der Waals surface area (Å²) < 4.78 is 6.99. The van der Waals surface area contributed by atoms with E-state index in [0.29, 0.717) is 18.1 Å². The maximum Gasteiger partial charge on any atom is 0.322 e. The molecule has 4 heterocycles. The van der Waals surface area contributed by atoms with Gasteiger partial charge in [0.1, 0.15) is 0 Å². The van der Waals surface area contributed by atoms with Gasteiger partial charge in [0.05, 0.1) is 17.4 Å². The van der Waals surface area contributed by atoms with Crippen molar-refractivity contribution in [2.45, 2.75) is 25.8 Å². The Morgan fingerprint density at radius 2 is 2.28 bits per heavy atom. The number of aryl methyl sites for hydroxylation is 1. The topological polar surface area (TPSA) is 89.1 Å². The third-order valence-electron chi connectivity index (χ3n) is 4.24. The molecule has 0 radical (unpaired) electrons.